The molecule has 10 heavy (non-hydrogen) atoms. The standard InChI is InChI=1S/C8H12O2/c1-5-3-9-8-6(2)4-10-7(5)8/h5-6H,3-4H2,1-2H3/q+2. The lowest BCUT2D eigenvalue weighted by Crippen LogP contribution is -2.16. The van der Waals surface area contributed by atoms with Gasteiger partial charge in [-0.15, -0.1) is 0 Å². The van der Waals surface area contributed by atoms with Gasteiger partial charge in [0.25, 0.3) is 13.2 Å². The van der Waals surface area contributed by atoms with Gasteiger partial charge in [-0.2, -0.15) is 0 Å². The molecule has 0 amide bonds. The molecule has 0 spiro atoms. The monoisotopic (exact) mass is 140 g/mol. The van der Waals surface area contributed by atoms with Crippen LogP contribution in [0.5, 0.6) is 0 Å². The summed E-state index contributed by atoms with van der Waals surface area (Å²) >= 11 is 0. The molecule has 2 heteroatoms. The molecule has 0 aliphatic carbocycles. The summed E-state index contributed by atoms with van der Waals surface area (Å²) in [7, 11) is 0. The first-order chi connectivity index (χ1) is 4.79. The molecule has 0 N–H and O–H groups in total. The van der Waals surface area contributed by atoms with Crippen molar-refractivity contribution in [3.63, 3.8) is 0 Å². The molecule has 2 atom stereocenters. The van der Waals surface area contributed by atoms with Gasteiger partial charge in [0, 0.05) is 0 Å². The van der Waals surface area contributed by atoms with E-state index in [1.54, 1.807) is 0 Å². The Morgan fingerprint density at radius 2 is 1.40 bits per heavy atom. The van der Waals surface area contributed by atoms with Gasteiger partial charge in [0.1, 0.15) is 0 Å². The van der Waals surface area contributed by atoms with Crippen LogP contribution in [-0.4, -0.2) is 24.8 Å². The second kappa shape index (κ2) is 1.91. The average molecular weight is 140 g/mol. The lowest BCUT2D eigenvalue weighted by molar-refractivity contribution is -0.470. The molecule has 0 aromatic carbocycles. The second-order valence-electron chi connectivity index (χ2n) is 3.15. The number of carbonyl (C=O) groups excluding carboxylic acids is 2. The third kappa shape index (κ3) is 0.648. The van der Waals surface area contributed by atoms with Crippen molar-refractivity contribution in [1.29, 1.82) is 0 Å². The molecule has 0 fully saturated rings. The first kappa shape index (κ1) is 6.08. The highest BCUT2D eigenvalue weighted by atomic mass is 16.4. The minimum Gasteiger partial charge on any atom is -0.247 e. The normalized spacial score (nSPS) is 37.4. The zero-order valence-corrected chi connectivity index (χ0v) is 6.39. The number of hydrogen-bond donors (Lipinski definition) is 0. The summed E-state index contributed by atoms with van der Waals surface area (Å²) in [6, 6.07) is 0. The first-order valence-electron chi connectivity index (χ1n) is 3.78. The Bertz CT molecular complexity index is 191. The van der Waals surface area contributed by atoms with Gasteiger partial charge in [0.2, 0.25) is 0 Å². The van der Waals surface area contributed by atoms with E-state index in [1.165, 1.54) is 0 Å². The van der Waals surface area contributed by atoms with Crippen molar-refractivity contribution in [1.82, 2.24) is 0 Å². The van der Waals surface area contributed by atoms with Gasteiger partial charge in [0.05, 0.1) is 0 Å². The molecule has 2 aliphatic heterocycles. The van der Waals surface area contributed by atoms with Crippen molar-refractivity contribution in [2.24, 2.45) is 11.8 Å². The molecular weight excluding hydrogens is 128 g/mol. The van der Waals surface area contributed by atoms with E-state index < -0.39 is 0 Å². The van der Waals surface area contributed by atoms with Crippen LogP contribution in [0.1, 0.15) is 13.8 Å². The van der Waals surface area contributed by atoms with Crippen LogP contribution in [0, 0.1) is 11.8 Å². The molecular formula is C8H12O2+2. The highest BCUT2D eigenvalue weighted by Gasteiger charge is 2.54. The third-order valence-corrected chi connectivity index (χ3v) is 2.12. The molecule has 0 radical (unpaired) electrons. The van der Waals surface area contributed by atoms with E-state index in [4.69, 9.17) is 8.85 Å². The van der Waals surface area contributed by atoms with Crippen LogP contribution >= 0.6 is 0 Å². The van der Waals surface area contributed by atoms with Gasteiger partial charge in [-0.05, 0) is 13.8 Å². The summed E-state index contributed by atoms with van der Waals surface area (Å²) in [5, 5.41) is 0. The summed E-state index contributed by atoms with van der Waals surface area (Å²) in [6.45, 7) is 5.91. The number of hydrogen-bond acceptors (Lipinski definition) is 0. The maximum Gasteiger partial charge on any atom is 0.429 e. The fraction of sp³-hybridized carbons (Fsp3) is 0.750. The SMILES string of the molecule is CC1C[O+]=C2C1=[O+]CC2C. The maximum atomic E-state index is 5.46. The molecule has 2 aliphatic rings. The van der Waals surface area contributed by atoms with E-state index in [0.717, 1.165) is 24.8 Å². The minimum absolute atomic E-state index is 0.486. The molecule has 2 nitrogen and oxygen atoms in total. The Labute approximate surface area is 60.2 Å². The minimum atomic E-state index is 0.486. The number of fused-ring (bicyclic) bond motifs is 1. The lowest BCUT2D eigenvalue weighted by atomic mass is 10.0. The topological polar surface area (TPSA) is 22.6 Å². The highest BCUT2D eigenvalue weighted by Crippen LogP contribution is 2.16. The fourth-order valence-corrected chi connectivity index (χ4v) is 1.49. The van der Waals surface area contributed by atoms with Crippen molar-refractivity contribution in [2.75, 3.05) is 13.2 Å². The van der Waals surface area contributed by atoms with E-state index in [2.05, 4.69) is 13.8 Å². The fourth-order valence-electron chi connectivity index (χ4n) is 1.49. The van der Waals surface area contributed by atoms with Gasteiger partial charge in [-0.1, -0.05) is 0 Å². The van der Waals surface area contributed by atoms with Crippen LogP contribution < -0.4 is 0 Å². The number of ketones is 2. The molecule has 2 rings (SSSR count). The first-order valence-corrected chi connectivity index (χ1v) is 3.78. The Morgan fingerprint density at radius 1 is 1.00 bits per heavy atom. The van der Waals surface area contributed by atoms with Crippen LogP contribution in [0.15, 0.2) is 0 Å². The van der Waals surface area contributed by atoms with Crippen LogP contribution in [-0.2, 0) is 8.85 Å². The van der Waals surface area contributed by atoms with E-state index in [0.29, 0.717) is 11.8 Å². The zero-order valence-electron chi connectivity index (χ0n) is 6.39. The summed E-state index contributed by atoms with van der Waals surface area (Å²) in [5.41, 5.74) is 0. The molecule has 54 valence electrons. The molecule has 2 heterocycles. The highest BCUT2D eigenvalue weighted by molar-refractivity contribution is 6.40. The average Bonchev–Trinajstić information content (AvgIpc) is 2.41. The van der Waals surface area contributed by atoms with E-state index in [-0.39, 0.29) is 0 Å². The Balaban J connectivity index is 2.32. The van der Waals surface area contributed by atoms with E-state index >= 15 is 0 Å². The van der Waals surface area contributed by atoms with Gasteiger partial charge in [-0.3, -0.25) is 0 Å². The smallest absolute Gasteiger partial charge is 0.247 e. The van der Waals surface area contributed by atoms with Crippen LogP contribution in [0.2, 0.25) is 0 Å². The Hall–Kier alpha value is -0.660. The summed E-state index contributed by atoms with van der Waals surface area (Å²) in [5.74, 6) is 3.18. The van der Waals surface area contributed by atoms with Gasteiger partial charge >= 0.3 is 11.6 Å². The van der Waals surface area contributed by atoms with Crippen molar-refractivity contribution in [3.05, 3.63) is 0 Å². The number of rotatable bonds is 0. The van der Waals surface area contributed by atoms with Crippen molar-refractivity contribution >= 4 is 11.6 Å². The van der Waals surface area contributed by atoms with E-state index in [9.17, 15) is 0 Å². The predicted octanol–water partition coefficient (Wildman–Crippen LogP) is 0.495. The molecule has 0 aromatic rings. The summed E-state index contributed by atoms with van der Waals surface area (Å²) < 4.78 is 10.9. The van der Waals surface area contributed by atoms with Crippen molar-refractivity contribution in [2.45, 2.75) is 13.8 Å². The third-order valence-electron chi connectivity index (χ3n) is 2.12. The second-order valence-corrected chi connectivity index (χ2v) is 3.15. The largest absolute Gasteiger partial charge is 0.429 e. The lowest BCUT2D eigenvalue weighted by Gasteiger charge is -1.77. The molecule has 0 saturated carbocycles. The van der Waals surface area contributed by atoms with Crippen LogP contribution in [0.4, 0.5) is 0 Å². The van der Waals surface area contributed by atoms with E-state index in [1.807, 2.05) is 0 Å². The predicted molar refractivity (Wildman–Crippen MR) is 38.1 cm³/mol. The molecule has 0 bridgehead atoms. The van der Waals surface area contributed by atoms with Crippen LogP contribution in [0.3, 0.4) is 0 Å². The Kier molecular flexibility index (Phi) is 1.16. The summed E-state index contributed by atoms with van der Waals surface area (Å²) in [6.07, 6.45) is 0. The van der Waals surface area contributed by atoms with Gasteiger partial charge in [-0.25, -0.2) is 8.85 Å². The van der Waals surface area contributed by atoms with Crippen molar-refractivity contribution < 1.29 is 8.85 Å². The maximum absolute atomic E-state index is 5.46. The van der Waals surface area contributed by atoms with Crippen molar-refractivity contribution in [3.8, 4) is 0 Å². The summed E-state index contributed by atoms with van der Waals surface area (Å²) in [4.78, 5) is 0. The van der Waals surface area contributed by atoms with Gasteiger partial charge < -0.3 is 0 Å². The molecule has 0 saturated heterocycles. The zero-order chi connectivity index (χ0) is 7.14. The quantitative estimate of drug-likeness (QED) is 0.345. The Morgan fingerprint density at radius 3 is 1.80 bits per heavy atom. The van der Waals surface area contributed by atoms with Crippen LogP contribution in [0.25, 0.3) is 0 Å². The molecule has 2 unspecified atom stereocenters. The molecule has 0 aromatic heterocycles. The van der Waals surface area contributed by atoms with Gasteiger partial charge in [0.15, 0.2) is 11.8 Å².